The van der Waals surface area contributed by atoms with E-state index in [-0.39, 0.29) is 13.2 Å². The highest BCUT2D eigenvalue weighted by atomic mass is 16.5. The molecule has 2 rings (SSSR count). The molecular formula is C17H21N3O5. The molecule has 134 valence electrons. The number of aliphatic carboxylic acids is 1. The topological polar surface area (TPSA) is 103 Å². The number of alkyl carbamates (subject to hydrolysis) is 1. The van der Waals surface area contributed by atoms with Crippen molar-refractivity contribution in [1.82, 2.24) is 15.1 Å². The first-order valence-corrected chi connectivity index (χ1v) is 7.93. The average Bonchev–Trinajstić information content (AvgIpc) is 3.06. The number of nitrogens with zero attached hydrogens (tertiary/aromatic N) is 2. The fourth-order valence-electron chi connectivity index (χ4n) is 2.02. The maximum Gasteiger partial charge on any atom is 0.408 e. The van der Waals surface area contributed by atoms with E-state index in [0.29, 0.717) is 12.4 Å². The Hall–Kier alpha value is -3.03. The third kappa shape index (κ3) is 6.17. The molecule has 0 aliphatic heterocycles. The molecule has 0 fully saturated rings. The van der Waals surface area contributed by atoms with Crippen LogP contribution < -0.4 is 10.1 Å². The van der Waals surface area contributed by atoms with Gasteiger partial charge in [0.05, 0.1) is 25.5 Å². The number of carbonyl (C=O) groups is 2. The first kappa shape index (κ1) is 18.3. The molecule has 25 heavy (non-hydrogen) atoms. The molecule has 0 spiro atoms. The summed E-state index contributed by atoms with van der Waals surface area (Å²) in [4.78, 5) is 23.2. The van der Waals surface area contributed by atoms with E-state index in [9.17, 15) is 14.7 Å². The largest absolute Gasteiger partial charge is 0.490 e. The van der Waals surface area contributed by atoms with Gasteiger partial charge in [-0.15, -0.1) is 0 Å². The fraction of sp³-hybridized carbons (Fsp3) is 0.353. The van der Waals surface area contributed by atoms with Crippen LogP contribution in [-0.4, -0.2) is 39.6 Å². The Morgan fingerprint density at radius 3 is 2.76 bits per heavy atom. The Labute approximate surface area is 145 Å². The highest BCUT2D eigenvalue weighted by molar-refractivity contribution is 5.79. The van der Waals surface area contributed by atoms with Gasteiger partial charge in [0, 0.05) is 0 Å². The van der Waals surface area contributed by atoms with Gasteiger partial charge in [-0.1, -0.05) is 37.3 Å². The van der Waals surface area contributed by atoms with Gasteiger partial charge in [0.1, 0.15) is 12.6 Å². The molecule has 1 aromatic heterocycles. The molecule has 1 heterocycles. The Morgan fingerprint density at radius 1 is 1.32 bits per heavy atom. The molecule has 8 nitrogen and oxygen atoms in total. The van der Waals surface area contributed by atoms with Crippen LogP contribution in [0.25, 0.3) is 0 Å². The molecule has 1 unspecified atom stereocenters. The number of nitrogens with one attached hydrogen (secondary N) is 1. The second kappa shape index (κ2) is 9.31. The molecule has 2 aromatic rings. The third-order valence-corrected chi connectivity index (χ3v) is 3.25. The zero-order valence-electron chi connectivity index (χ0n) is 13.9. The van der Waals surface area contributed by atoms with Gasteiger partial charge in [0.2, 0.25) is 0 Å². The second-order valence-electron chi connectivity index (χ2n) is 5.34. The molecule has 0 radical (unpaired) electrons. The maximum absolute atomic E-state index is 11.8. The van der Waals surface area contributed by atoms with E-state index < -0.39 is 18.1 Å². The summed E-state index contributed by atoms with van der Waals surface area (Å²) in [5.74, 6) is -0.624. The molecular weight excluding hydrogens is 326 g/mol. The standard InChI is InChI=1S/C17H21N3O5/c1-2-8-24-14-9-18-20(10-14)11-15(16(21)22)19-17(23)25-12-13-6-4-3-5-7-13/h3-7,9-10,15H,2,8,11-12H2,1H3,(H,19,23)(H,21,22). The second-order valence-corrected chi connectivity index (χ2v) is 5.34. The van der Waals surface area contributed by atoms with E-state index in [2.05, 4.69) is 10.4 Å². The van der Waals surface area contributed by atoms with E-state index in [4.69, 9.17) is 9.47 Å². The molecule has 2 N–H and O–H groups in total. The van der Waals surface area contributed by atoms with Gasteiger partial charge in [-0.2, -0.15) is 5.10 Å². The first-order valence-electron chi connectivity index (χ1n) is 7.93. The molecule has 1 aromatic carbocycles. The summed E-state index contributed by atoms with van der Waals surface area (Å²) in [6.07, 6.45) is 3.15. The Bertz CT molecular complexity index is 687. The molecule has 8 heteroatoms. The minimum atomic E-state index is -1.18. The van der Waals surface area contributed by atoms with Crippen molar-refractivity contribution in [1.29, 1.82) is 0 Å². The van der Waals surface area contributed by atoms with Crippen molar-refractivity contribution in [3.8, 4) is 5.75 Å². The Morgan fingerprint density at radius 2 is 2.08 bits per heavy atom. The van der Waals surface area contributed by atoms with Crippen LogP contribution in [0, 0.1) is 0 Å². The normalized spacial score (nSPS) is 11.6. The smallest absolute Gasteiger partial charge is 0.408 e. The SMILES string of the molecule is CCCOc1cnn(CC(NC(=O)OCc2ccccc2)C(=O)O)c1. The van der Waals surface area contributed by atoms with Crippen molar-refractivity contribution in [2.24, 2.45) is 0 Å². The lowest BCUT2D eigenvalue weighted by molar-refractivity contribution is -0.139. The van der Waals surface area contributed by atoms with Crippen LogP contribution >= 0.6 is 0 Å². The van der Waals surface area contributed by atoms with Gasteiger partial charge in [-0.05, 0) is 12.0 Å². The van der Waals surface area contributed by atoms with Crippen LogP contribution in [0.1, 0.15) is 18.9 Å². The number of hydrogen-bond acceptors (Lipinski definition) is 5. The van der Waals surface area contributed by atoms with Crippen LogP contribution in [0.5, 0.6) is 5.75 Å². The predicted octanol–water partition coefficient (Wildman–Crippen LogP) is 2.05. The molecule has 0 bridgehead atoms. The van der Waals surface area contributed by atoms with Crippen molar-refractivity contribution >= 4 is 12.1 Å². The molecule has 0 aliphatic carbocycles. The predicted molar refractivity (Wildman–Crippen MR) is 89.2 cm³/mol. The summed E-state index contributed by atoms with van der Waals surface area (Å²) in [5, 5.41) is 15.6. The summed E-state index contributed by atoms with van der Waals surface area (Å²) >= 11 is 0. The first-order chi connectivity index (χ1) is 12.1. The molecule has 1 atom stereocenters. The van der Waals surface area contributed by atoms with E-state index in [1.165, 1.54) is 10.9 Å². The summed E-state index contributed by atoms with van der Waals surface area (Å²) in [7, 11) is 0. The van der Waals surface area contributed by atoms with Gasteiger partial charge in [-0.3, -0.25) is 4.68 Å². The number of carbonyl (C=O) groups excluding carboxylic acids is 1. The van der Waals surface area contributed by atoms with Crippen molar-refractivity contribution in [2.75, 3.05) is 6.61 Å². The van der Waals surface area contributed by atoms with Gasteiger partial charge < -0.3 is 19.9 Å². The zero-order valence-corrected chi connectivity index (χ0v) is 13.9. The molecule has 0 saturated heterocycles. The number of rotatable bonds is 9. The lowest BCUT2D eigenvalue weighted by Gasteiger charge is -2.14. The fourth-order valence-corrected chi connectivity index (χ4v) is 2.02. The van der Waals surface area contributed by atoms with Crippen molar-refractivity contribution in [2.45, 2.75) is 32.5 Å². The van der Waals surface area contributed by atoms with Gasteiger partial charge >= 0.3 is 12.1 Å². The number of carboxylic acid groups (broad SMARTS) is 1. The molecule has 1 amide bonds. The number of hydrogen-bond donors (Lipinski definition) is 2. The minimum absolute atomic E-state index is 0.0365. The van der Waals surface area contributed by atoms with E-state index in [1.807, 2.05) is 37.3 Å². The molecule has 0 aliphatic rings. The lowest BCUT2D eigenvalue weighted by atomic mass is 10.2. The maximum atomic E-state index is 11.8. The lowest BCUT2D eigenvalue weighted by Crippen LogP contribution is -2.44. The third-order valence-electron chi connectivity index (χ3n) is 3.25. The van der Waals surface area contributed by atoms with E-state index in [0.717, 1.165) is 12.0 Å². The number of amides is 1. The van der Waals surface area contributed by atoms with Crippen LogP contribution in [0.2, 0.25) is 0 Å². The van der Waals surface area contributed by atoms with Crippen LogP contribution in [0.3, 0.4) is 0 Å². The van der Waals surface area contributed by atoms with Crippen LogP contribution in [-0.2, 0) is 22.7 Å². The van der Waals surface area contributed by atoms with Gasteiger partial charge in [0.15, 0.2) is 5.75 Å². The van der Waals surface area contributed by atoms with Gasteiger partial charge in [0.25, 0.3) is 0 Å². The number of benzene rings is 1. The average molecular weight is 347 g/mol. The number of aromatic nitrogens is 2. The summed E-state index contributed by atoms with van der Waals surface area (Å²) < 4.78 is 11.8. The monoisotopic (exact) mass is 347 g/mol. The van der Waals surface area contributed by atoms with Crippen molar-refractivity contribution < 1.29 is 24.2 Å². The van der Waals surface area contributed by atoms with Crippen molar-refractivity contribution in [3.63, 3.8) is 0 Å². The van der Waals surface area contributed by atoms with Gasteiger partial charge in [-0.25, -0.2) is 9.59 Å². The number of ether oxygens (including phenoxy) is 2. The summed E-state index contributed by atoms with van der Waals surface area (Å²) in [6.45, 7) is 2.56. The van der Waals surface area contributed by atoms with E-state index in [1.54, 1.807) is 6.20 Å². The highest BCUT2D eigenvalue weighted by Crippen LogP contribution is 2.09. The van der Waals surface area contributed by atoms with E-state index >= 15 is 0 Å². The molecule has 0 saturated carbocycles. The number of carboxylic acids is 1. The Balaban J connectivity index is 1.86. The zero-order chi connectivity index (χ0) is 18.1. The summed E-state index contributed by atoms with van der Waals surface area (Å²) in [5.41, 5.74) is 0.814. The van der Waals surface area contributed by atoms with Crippen molar-refractivity contribution in [3.05, 3.63) is 48.3 Å². The quantitative estimate of drug-likeness (QED) is 0.720. The summed E-state index contributed by atoms with van der Waals surface area (Å²) in [6, 6.07) is 7.96. The Kier molecular flexibility index (Phi) is 6.82. The van der Waals surface area contributed by atoms with Crippen LogP contribution in [0.4, 0.5) is 4.79 Å². The minimum Gasteiger partial charge on any atom is -0.490 e. The van der Waals surface area contributed by atoms with Crippen LogP contribution in [0.15, 0.2) is 42.7 Å². The highest BCUT2D eigenvalue weighted by Gasteiger charge is 2.22.